The number of hydrogen-bond acceptors (Lipinski definition) is 5. The second-order valence-electron chi connectivity index (χ2n) is 3.64. The van der Waals surface area contributed by atoms with E-state index in [1.807, 2.05) is 0 Å². The first-order chi connectivity index (χ1) is 8.36. The topological polar surface area (TPSA) is 87.0 Å². The highest BCUT2D eigenvalue weighted by Gasteiger charge is 2.28. The van der Waals surface area contributed by atoms with E-state index in [4.69, 9.17) is 4.42 Å². The molecule has 7 nitrogen and oxygen atoms in total. The fraction of sp³-hybridized carbons (Fsp3) is 0.333. The molecule has 0 N–H and O–H groups in total. The van der Waals surface area contributed by atoms with Crippen LogP contribution in [0.4, 0.5) is 14.6 Å². The molecule has 18 heavy (non-hydrogen) atoms. The van der Waals surface area contributed by atoms with Crippen molar-refractivity contribution in [3.8, 4) is 0 Å². The van der Waals surface area contributed by atoms with Crippen LogP contribution in [-0.2, 0) is 12.5 Å². The summed E-state index contributed by atoms with van der Waals surface area (Å²) in [5, 5.41) is 17.5. The second kappa shape index (κ2) is 4.17. The Labute approximate surface area is 99.2 Å². The lowest BCUT2D eigenvalue weighted by atomic mass is 10.3. The highest BCUT2D eigenvalue weighted by Crippen LogP contribution is 2.28. The normalized spacial score (nSPS) is 11.7. The van der Waals surface area contributed by atoms with E-state index in [2.05, 4.69) is 10.2 Å². The number of aromatic nitrogens is 3. The van der Waals surface area contributed by atoms with Crippen molar-refractivity contribution in [3.05, 3.63) is 40.0 Å². The van der Waals surface area contributed by atoms with Crippen LogP contribution in [0.25, 0.3) is 0 Å². The Morgan fingerprint density at radius 3 is 2.78 bits per heavy atom. The smallest absolute Gasteiger partial charge is 0.410 e. The van der Waals surface area contributed by atoms with Gasteiger partial charge in [0.1, 0.15) is 12.3 Å². The van der Waals surface area contributed by atoms with Crippen LogP contribution in [0.1, 0.15) is 18.4 Å². The fourth-order valence-electron chi connectivity index (χ4n) is 1.29. The molecule has 2 aromatic rings. The van der Waals surface area contributed by atoms with E-state index in [1.165, 1.54) is 6.07 Å². The maximum absolute atomic E-state index is 12.9. The molecule has 0 aliphatic rings. The standard InChI is InChI=1S/C9H8F2N4O3/c1-9(10,11)7-3-2-6(18-7)5-14-12-4-8(13-14)15(16)17/h2-4H,5H2,1H3. The third kappa shape index (κ3) is 2.50. The minimum absolute atomic E-state index is 0.0517. The molecular weight excluding hydrogens is 250 g/mol. The summed E-state index contributed by atoms with van der Waals surface area (Å²) in [5.74, 6) is -3.76. The predicted molar refractivity (Wildman–Crippen MR) is 54.1 cm³/mol. The van der Waals surface area contributed by atoms with Gasteiger partial charge in [-0.3, -0.25) is 0 Å². The molecule has 0 aliphatic carbocycles. The van der Waals surface area contributed by atoms with Gasteiger partial charge in [-0.25, -0.2) is 0 Å². The van der Waals surface area contributed by atoms with Crippen LogP contribution in [0.2, 0.25) is 0 Å². The first-order valence-corrected chi connectivity index (χ1v) is 4.88. The lowest BCUT2D eigenvalue weighted by Gasteiger charge is -2.04. The Bertz CT molecular complexity index is 572. The summed E-state index contributed by atoms with van der Waals surface area (Å²) in [5.41, 5.74) is 0. The van der Waals surface area contributed by atoms with Crippen molar-refractivity contribution in [1.82, 2.24) is 15.0 Å². The van der Waals surface area contributed by atoms with Gasteiger partial charge in [0.05, 0.1) is 5.10 Å². The van der Waals surface area contributed by atoms with E-state index in [-0.39, 0.29) is 12.3 Å². The summed E-state index contributed by atoms with van der Waals surface area (Å²) in [6.07, 6.45) is 0.971. The largest absolute Gasteiger partial charge is 0.458 e. The minimum Gasteiger partial charge on any atom is -0.458 e. The third-order valence-corrected chi connectivity index (χ3v) is 2.10. The van der Waals surface area contributed by atoms with Gasteiger partial charge in [-0.1, -0.05) is 4.80 Å². The molecule has 2 rings (SSSR count). The maximum atomic E-state index is 12.9. The monoisotopic (exact) mass is 258 g/mol. The molecule has 0 unspecified atom stereocenters. The van der Waals surface area contributed by atoms with Crippen molar-refractivity contribution in [3.63, 3.8) is 0 Å². The Hall–Kier alpha value is -2.32. The molecule has 0 fully saturated rings. The fourth-order valence-corrected chi connectivity index (χ4v) is 1.29. The molecule has 96 valence electrons. The highest BCUT2D eigenvalue weighted by molar-refractivity contribution is 5.12. The molecule has 2 heterocycles. The Morgan fingerprint density at radius 2 is 2.28 bits per heavy atom. The first kappa shape index (κ1) is 12.1. The molecule has 0 radical (unpaired) electrons. The number of nitrogens with zero attached hydrogens (tertiary/aromatic N) is 4. The van der Waals surface area contributed by atoms with Crippen molar-refractivity contribution >= 4 is 5.82 Å². The van der Waals surface area contributed by atoms with Crippen LogP contribution in [0.3, 0.4) is 0 Å². The summed E-state index contributed by atoms with van der Waals surface area (Å²) in [6, 6.07) is 2.50. The zero-order chi connectivity index (χ0) is 13.3. The van der Waals surface area contributed by atoms with E-state index in [1.54, 1.807) is 0 Å². The Kier molecular flexibility index (Phi) is 2.81. The van der Waals surface area contributed by atoms with Crippen LogP contribution in [0.5, 0.6) is 0 Å². The van der Waals surface area contributed by atoms with E-state index in [9.17, 15) is 18.9 Å². The van der Waals surface area contributed by atoms with Crippen molar-refractivity contribution < 1.29 is 18.1 Å². The van der Waals surface area contributed by atoms with Crippen molar-refractivity contribution in [2.45, 2.75) is 19.4 Å². The van der Waals surface area contributed by atoms with Crippen LogP contribution < -0.4 is 0 Å². The third-order valence-electron chi connectivity index (χ3n) is 2.10. The molecule has 0 aliphatic heterocycles. The number of rotatable bonds is 4. The summed E-state index contributed by atoms with van der Waals surface area (Å²) < 4.78 is 30.7. The summed E-state index contributed by atoms with van der Waals surface area (Å²) in [6.45, 7) is 0.663. The summed E-state index contributed by atoms with van der Waals surface area (Å²) in [4.78, 5) is 10.7. The van der Waals surface area contributed by atoms with Crippen LogP contribution in [-0.4, -0.2) is 19.9 Å². The van der Waals surface area contributed by atoms with Gasteiger partial charge < -0.3 is 14.5 Å². The minimum atomic E-state index is -3.07. The zero-order valence-electron chi connectivity index (χ0n) is 9.21. The van der Waals surface area contributed by atoms with Gasteiger partial charge in [0.15, 0.2) is 12.0 Å². The molecule has 0 bridgehead atoms. The van der Waals surface area contributed by atoms with E-state index < -0.39 is 22.4 Å². The molecule has 0 saturated carbocycles. The first-order valence-electron chi connectivity index (χ1n) is 4.88. The Balaban J connectivity index is 2.14. The average Bonchev–Trinajstić information content (AvgIpc) is 2.85. The number of alkyl halides is 2. The average molecular weight is 258 g/mol. The van der Waals surface area contributed by atoms with Gasteiger partial charge in [0.25, 0.3) is 0 Å². The van der Waals surface area contributed by atoms with Crippen molar-refractivity contribution in [2.24, 2.45) is 0 Å². The lowest BCUT2D eigenvalue weighted by Crippen LogP contribution is -2.06. The van der Waals surface area contributed by atoms with Crippen LogP contribution in [0, 0.1) is 10.1 Å². The zero-order valence-corrected chi connectivity index (χ0v) is 9.21. The number of nitro groups is 1. The van der Waals surface area contributed by atoms with Crippen molar-refractivity contribution in [2.75, 3.05) is 0 Å². The van der Waals surface area contributed by atoms with E-state index >= 15 is 0 Å². The van der Waals surface area contributed by atoms with Gasteiger partial charge in [0, 0.05) is 6.92 Å². The molecule has 0 saturated heterocycles. The summed E-state index contributed by atoms with van der Waals surface area (Å²) in [7, 11) is 0. The molecule has 0 amide bonds. The van der Waals surface area contributed by atoms with Gasteiger partial charge in [-0.15, -0.1) is 5.10 Å². The van der Waals surface area contributed by atoms with Crippen LogP contribution in [0.15, 0.2) is 22.7 Å². The van der Waals surface area contributed by atoms with Crippen LogP contribution >= 0.6 is 0 Å². The number of hydrogen-bond donors (Lipinski definition) is 0. The molecule has 2 aromatic heterocycles. The Morgan fingerprint density at radius 1 is 1.56 bits per heavy atom. The summed E-state index contributed by atoms with van der Waals surface area (Å²) >= 11 is 0. The van der Waals surface area contributed by atoms with Gasteiger partial charge in [0.2, 0.25) is 0 Å². The van der Waals surface area contributed by atoms with E-state index in [0.717, 1.165) is 17.1 Å². The van der Waals surface area contributed by atoms with Gasteiger partial charge >= 0.3 is 11.7 Å². The number of halogens is 2. The molecular formula is C9H8F2N4O3. The predicted octanol–water partition coefficient (Wildman–Crippen LogP) is 1.94. The maximum Gasteiger partial charge on any atom is 0.410 e. The molecule has 0 aromatic carbocycles. The SMILES string of the molecule is CC(F)(F)c1ccc(Cn2ncc([N+](=O)[O-])n2)o1. The quantitative estimate of drug-likeness (QED) is 0.617. The van der Waals surface area contributed by atoms with E-state index in [0.29, 0.717) is 6.92 Å². The molecule has 0 spiro atoms. The van der Waals surface area contributed by atoms with Gasteiger partial charge in [-0.2, -0.15) is 8.78 Å². The molecule has 9 heteroatoms. The highest BCUT2D eigenvalue weighted by atomic mass is 19.3. The lowest BCUT2D eigenvalue weighted by molar-refractivity contribution is -0.389. The second-order valence-corrected chi connectivity index (χ2v) is 3.64. The van der Waals surface area contributed by atoms with Crippen molar-refractivity contribution in [1.29, 1.82) is 0 Å². The number of furan rings is 1. The van der Waals surface area contributed by atoms with Gasteiger partial charge in [-0.05, 0) is 17.1 Å². The molecule has 0 atom stereocenters.